The molecule has 0 atom stereocenters. The van der Waals surface area contributed by atoms with E-state index in [0.29, 0.717) is 29.2 Å². The highest BCUT2D eigenvalue weighted by molar-refractivity contribution is 6.14. The van der Waals surface area contributed by atoms with Gasteiger partial charge in [-0.2, -0.15) is 0 Å². The summed E-state index contributed by atoms with van der Waals surface area (Å²) in [6.07, 6.45) is 4.88. The summed E-state index contributed by atoms with van der Waals surface area (Å²) in [6.45, 7) is 1.97. The topological polar surface area (TPSA) is 97.0 Å². The summed E-state index contributed by atoms with van der Waals surface area (Å²) in [5, 5.41) is 4.60. The first kappa shape index (κ1) is 21.4. The van der Waals surface area contributed by atoms with Gasteiger partial charge in [0.05, 0.1) is 7.11 Å². The Kier molecular flexibility index (Phi) is 6.39. The Morgan fingerprint density at radius 1 is 1.00 bits per heavy atom. The Morgan fingerprint density at radius 2 is 1.75 bits per heavy atom. The van der Waals surface area contributed by atoms with E-state index in [-0.39, 0.29) is 11.6 Å². The number of piperidine rings is 1. The molecule has 0 spiro atoms. The van der Waals surface area contributed by atoms with Crippen LogP contribution in [0, 0.1) is 0 Å². The molecule has 2 aliphatic rings. The number of likely N-dealkylation sites (tertiary alicyclic amines) is 1. The second kappa shape index (κ2) is 9.55. The Labute approximate surface area is 186 Å². The third kappa shape index (κ3) is 4.91. The van der Waals surface area contributed by atoms with Gasteiger partial charge in [-0.15, -0.1) is 0 Å². The molecule has 4 amide bonds. The number of nitrogens with zero attached hydrogens (tertiary/aromatic N) is 1. The minimum atomic E-state index is -0.545. The molecule has 166 valence electrons. The van der Waals surface area contributed by atoms with Crippen LogP contribution in [0.2, 0.25) is 0 Å². The predicted octanol–water partition coefficient (Wildman–Crippen LogP) is 3.08. The van der Waals surface area contributed by atoms with Crippen molar-refractivity contribution in [3.05, 3.63) is 64.9 Å². The Hall–Kier alpha value is -3.81. The SMILES string of the molecule is COc1cc(/C=C2/NC(=O)NC2=O)ccc1OCc1ccc(C(=O)N2CCCCC2)cc1. The maximum absolute atomic E-state index is 12.6. The molecule has 2 fully saturated rings. The Balaban J connectivity index is 1.40. The fourth-order valence-corrected chi connectivity index (χ4v) is 3.73. The monoisotopic (exact) mass is 435 g/mol. The van der Waals surface area contributed by atoms with E-state index in [1.807, 2.05) is 29.2 Å². The maximum Gasteiger partial charge on any atom is 0.326 e. The summed E-state index contributed by atoms with van der Waals surface area (Å²) >= 11 is 0. The molecule has 2 saturated heterocycles. The second-order valence-electron chi connectivity index (χ2n) is 7.72. The number of hydrogen-bond acceptors (Lipinski definition) is 5. The van der Waals surface area contributed by atoms with Crippen molar-refractivity contribution < 1.29 is 23.9 Å². The molecule has 8 heteroatoms. The van der Waals surface area contributed by atoms with Crippen LogP contribution in [0.1, 0.15) is 40.7 Å². The molecule has 2 N–H and O–H groups in total. The molecular formula is C24H25N3O5. The van der Waals surface area contributed by atoms with Crippen molar-refractivity contribution in [2.45, 2.75) is 25.9 Å². The van der Waals surface area contributed by atoms with Crippen molar-refractivity contribution in [2.75, 3.05) is 20.2 Å². The molecule has 2 aliphatic heterocycles. The summed E-state index contributed by atoms with van der Waals surface area (Å²) in [4.78, 5) is 37.4. The molecule has 8 nitrogen and oxygen atoms in total. The van der Waals surface area contributed by atoms with Gasteiger partial charge in [0.1, 0.15) is 12.3 Å². The summed E-state index contributed by atoms with van der Waals surface area (Å²) in [5.74, 6) is 0.649. The lowest BCUT2D eigenvalue weighted by Crippen LogP contribution is -2.35. The van der Waals surface area contributed by atoms with Crippen molar-refractivity contribution in [3.8, 4) is 11.5 Å². The van der Waals surface area contributed by atoms with E-state index in [9.17, 15) is 14.4 Å². The number of ether oxygens (including phenoxy) is 2. The highest BCUT2D eigenvalue weighted by atomic mass is 16.5. The van der Waals surface area contributed by atoms with E-state index in [0.717, 1.165) is 31.5 Å². The van der Waals surface area contributed by atoms with Crippen molar-refractivity contribution in [1.29, 1.82) is 0 Å². The number of hydrogen-bond donors (Lipinski definition) is 2. The van der Waals surface area contributed by atoms with E-state index in [4.69, 9.17) is 9.47 Å². The Bertz CT molecular complexity index is 1060. The van der Waals surface area contributed by atoms with E-state index in [1.165, 1.54) is 13.5 Å². The van der Waals surface area contributed by atoms with E-state index in [2.05, 4.69) is 10.6 Å². The van der Waals surface area contributed by atoms with Crippen LogP contribution in [0.3, 0.4) is 0 Å². The first-order chi connectivity index (χ1) is 15.5. The molecule has 2 aromatic rings. The lowest BCUT2D eigenvalue weighted by Gasteiger charge is -2.26. The average Bonchev–Trinajstić information content (AvgIpc) is 3.14. The molecule has 2 heterocycles. The zero-order chi connectivity index (χ0) is 22.5. The molecule has 0 radical (unpaired) electrons. The van der Waals surface area contributed by atoms with Crippen molar-refractivity contribution in [1.82, 2.24) is 15.5 Å². The van der Waals surface area contributed by atoms with Gasteiger partial charge in [0, 0.05) is 18.7 Å². The number of amides is 4. The van der Waals surface area contributed by atoms with Gasteiger partial charge >= 0.3 is 6.03 Å². The molecule has 0 saturated carbocycles. The second-order valence-corrected chi connectivity index (χ2v) is 7.72. The third-order valence-corrected chi connectivity index (χ3v) is 5.46. The van der Waals surface area contributed by atoms with E-state index < -0.39 is 11.9 Å². The van der Waals surface area contributed by atoms with Gasteiger partial charge in [-0.25, -0.2) is 4.79 Å². The molecule has 2 aromatic carbocycles. The molecule has 32 heavy (non-hydrogen) atoms. The zero-order valence-corrected chi connectivity index (χ0v) is 17.8. The van der Waals surface area contributed by atoms with Gasteiger partial charge in [0.15, 0.2) is 11.5 Å². The number of methoxy groups -OCH3 is 1. The van der Waals surface area contributed by atoms with Gasteiger partial charge in [0.2, 0.25) is 0 Å². The fourth-order valence-electron chi connectivity index (χ4n) is 3.73. The quantitative estimate of drug-likeness (QED) is 0.537. The summed E-state index contributed by atoms with van der Waals surface area (Å²) in [7, 11) is 1.53. The number of urea groups is 1. The highest BCUT2D eigenvalue weighted by Gasteiger charge is 2.23. The van der Waals surface area contributed by atoms with E-state index in [1.54, 1.807) is 24.3 Å². The van der Waals surface area contributed by atoms with Crippen molar-refractivity contribution >= 4 is 23.9 Å². The minimum Gasteiger partial charge on any atom is -0.493 e. The smallest absolute Gasteiger partial charge is 0.326 e. The number of carbonyl (C=O) groups is 3. The zero-order valence-electron chi connectivity index (χ0n) is 17.8. The average molecular weight is 435 g/mol. The lowest BCUT2D eigenvalue weighted by molar-refractivity contribution is -0.115. The van der Waals surface area contributed by atoms with Crippen LogP contribution < -0.4 is 20.1 Å². The van der Waals surface area contributed by atoms with Crippen LogP contribution in [0.5, 0.6) is 11.5 Å². The minimum absolute atomic E-state index is 0.0793. The number of rotatable bonds is 6. The molecular weight excluding hydrogens is 410 g/mol. The van der Waals surface area contributed by atoms with Crippen LogP contribution in [0.25, 0.3) is 6.08 Å². The maximum atomic E-state index is 12.6. The van der Waals surface area contributed by atoms with Crippen LogP contribution >= 0.6 is 0 Å². The third-order valence-electron chi connectivity index (χ3n) is 5.46. The molecule has 4 rings (SSSR count). The standard InChI is InChI=1S/C24H25N3O5/c1-31-21-14-17(13-19-22(28)26-24(30)25-19)7-10-20(21)32-15-16-5-8-18(9-6-16)23(29)27-11-3-2-4-12-27/h5-10,13-14H,2-4,11-12,15H2,1H3,(H2,25,26,28,30)/b19-13+. The number of nitrogens with one attached hydrogen (secondary N) is 2. The van der Waals surface area contributed by atoms with Crippen LogP contribution in [-0.4, -0.2) is 42.9 Å². The molecule has 0 aromatic heterocycles. The fraction of sp³-hybridized carbons (Fsp3) is 0.292. The van der Waals surface area contributed by atoms with Gasteiger partial charge in [-0.05, 0) is 60.7 Å². The van der Waals surface area contributed by atoms with E-state index >= 15 is 0 Å². The van der Waals surface area contributed by atoms with Gasteiger partial charge < -0.3 is 19.7 Å². The van der Waals surface area contributed by atoms with Gasteiger partial charge in [-0.1, -0.05) is 18.2 Å². The normalized spacial score (nSPS) is 17.2. The first-order valence-corrected chi connectivity index (χ1v) is 10.6. The first-order valence-electron chi connectivity index (χ1n) is 10.6. The highest BCUT2D eigenvalue weighted by Crippen LogP contribution is 2.30. The summed E-state index contributed by atoms with van der Waals surface area (Å²) in [5.41, 5.74) is 2.47. The summed E-state index contributed by atoms with van der Waals surface area (Å²) in [6, 6.07) is 12.1. The van der Waals surface area contributed by atoms with Gasteiger partial charge in [-0.3, -0.25) is 14.9 Å². The molecule has 0 bridgehead atoms. The molecule has 0 aliphatic carbocycles. The number of imide groups is 1. The molecule has 0 unspecified atom stereocenters. The lowest BCUT2D eigenvalue weighted by atomic mass is 10.1. The Morgan fingerprint density at radius 3 is 2.41 bits per heavy atom. The number of carbonyl (C=O) groups excluding carboxylic acids is 3. The van der Waals surface area contributed by atoms with Crippen LogP contribution in [0.4, 0.5) is 4.79 Å². The van der Waals surface area contributed by atoms with Crippen LogP contribution in [-0.2, 0) is 11.4 Å². The summed E-state index contributed by atoms with van der Waals surface area (Å²) < 4.78 is 11.3. The predicted molar refractivity (Wildman–Crippen MR) is 118 cm³/mol. The van der Waals surface area contributed by atoms with Gasteiger partial charge in [0.25, 0.3) is 11.8 Å². The largest absolute Gasteiger partial charge is 0.493 e. The van der Waals surface area contributed by atoms with Crippen molar-refractivity contribution in [3.63, 3.8) is 0 Å². The van der Waals surface area contributed by atoms with Crippen molar-refractivity contribution in [2.24, 2.45) is 0 Å². The number of benzene rings is 2. The van der Waals surface area contributed by atoms with Crippen LogP contribution in [0.15, 0.2) is 48.2 Å².